The number of hydrogen-bond donors (Lipinski definition) is 3. The quantitative estimate of drug-likeness (QED) is 0.295. The molecule has 0 aliphatic rings. The number of aromatic amines is 2. The van der Waals surface area contributed by atoms with E-state index in [1.54, 1.807) is 42.5 Å². The van der Waals surface area contributed by atoms with Gasteiger partial charge in [-0.25, -0.2) is 14.8 Å². The molecule has 0 aliphatic heterocycles. The highest BCUT2D eigenvalue weighted by Crippen LogP contribution is 2.34. The molecule has 1 atom stereocenters. The van der Waals surface area contributed by atoms with Crippen LogP contribution < -0.4 is 15.0 Å². The van der Waals surface area contributed by atoms with Crippen LogP contribution in [0.3, 0.4) is 0 Å². The first-order valence-corrected chi connectivity index (χ1v) is 11.3. The minimum atomic E-state index is -1.14. The number of aliphatic carboxylic acids is 1. The van der Waals surface area contributed by atoms with E-state index in [2.05, 4.69) is 19.9 Å². The van der Waals surface area contributed by atoms with Crippen LogP contribution in [0.1, 0.15) is 18.6 Å². The summed E-state index contributed by atoms with van der Waals surface area (Å²) >= 11 is 0. The first kappa shape index (κ1) is 22.9. The minimum absolute atomic E-state index is 0.306. The lowest BCUT2D eigenvalue weighted by molar-refractivity contribution is -0.145. The molecule has 2 aromatic heterocycles. The molecule has 2 heterocycles. The first-order chi connectivity index (χ1) is 17.5. The molecule has 3 N–H and O–H groups in total. The molecular weight excluding hydrogens is 460 g/mol. The Morgan fingerprint density at radius 1 is 1.03 bits per heavy atom. The zero-order chi connectivity index (χ0) is 25.1. The summed E-state index contributed by atoms with van der Waals surface area (Å²) < 4.78 is 11.7. The van der Waals surface area contributed by atoms with Crippen molar-refractivity contribution >= 4 is 17.1 Å². The lowest BCUT2D eigenvalue weighted by Gasteiger charge is -2.16. The molecule has 36 heavy (non-hydrogen) atoms. The van der Waals surface area contributed by atoms with Crippen LogP contribution in [0, 0.1) is 0 Å². The van der Waals surface area contributed by atoms with Crippen molar-refractivity contribution in [3.05, 3.63) is 95.0 Å². The fourth-order valence-electron chi connectivity index (χ4n) is 3.92. The number of carboxylic acids is 1. The van der Waals surface area contributed by atoms with Crippen LogP contribution in [0.25, 0.3) is 33.7 Å². The molecule has 0 amide bonds. The van der Waals surface area contributed by atoms with Crippen molar-refractivity contribution in [2.45, 2.75) is 13.0 Å². The lowest BCUT2D eigenvalue weighted by Crippen LogP contribution is -2.18. The Morgan fingerprint density at radius 2 is 1.83 bits per heavy atom. The van der Waals surface area contributed by atoms with Gasteiger partial charge >= 0.3 is 5.97 Å². The van der Waals surface area contributed by atoms with Crippen LogP contribution >= 0.6 is 0 Å². The van der Waals surface area contributed by atoms with E-state index < -0.39 is 12.1 Å². The monoisotopic (exact) mass is 482 g/mol. The molecule has 5 rings (SSSR count). The normalized spacial score (nSPS) is 11.8. The van der Waals surface area contributed by atoms with E-state index in [4.69, 9.17) is 9.47 Å². The molecule has 9 nitrogen and oxygen atoms in total. The predicted molar refractivity (Wildman–Crippen MR) is 134 cm³/mol. The molecule has 0 saturated heterocycles. The van der Waals surface area contributed by atoms with Crippen molar-refractivity contribution in [3.8, 4) is 34.0 Å². The number of carbonyl (C=O) groups is 1. The number of H-pyrrole nitrogens is 2. The van der Waals surface area contributed by atoms with Gasteiger partial charge < -0.3 is 24.5 Å². The zero-order valence-corrected chi connectivity index (χ0v) is 19.3. The number of nitrogens with zero attached hydrogens (tertiary/aromatic N) is 2. The Kier molecular flexibility index (Phi) is 6.19. The summed E-state index contributed by atoms with van der Waals surface area (Å²) in [5.74, 6) is 0.219. The third-order valence-corrected chi connectivity index (χ3v) is 5.58. The van der Waals surface area contributed by atoms with Gasteiger partial charge in [-0.3, -0.25) is 4.79 Å². The van der Waals surface area contributed by atoms with Crippen molar-refractivity contribution in [2.75, 3.05) is 6.61 Å². The van der Waals surface area contributed by atoms with Gasteiger partial charge in [-0.1, -0.05) is 48.5 Å². The van der Waals surface area contributed by atoms with Gasteiger partial charge in [-0.15, -0.1) is 0 Å². The Morgan fingerprint density at radius 3 is 2.61 bits per heavy atom. The molecule has 0 radical (unpaired) electrons. The summed E-state index contributed by atoms with van der Waals surface area (Å²) in [5, 5.41) is 9.70. The van der Waals surface area contributed by atoms with E-state index in [0.29, 0.717) is 46.2 Å². The number of fused-ring (bicyclic) bond motifs is 1. The number of hydrogen-bond acceptors (Lipinski definition) is 6. The second-order valence-electron chi connectivity index (χ2n) is 7.93. The fraction of sp³-hybridized carbons (Fsp3) is 0.111. The van der Waals surface area contributed by atoms with Gasteiger partial charge in [-0.05, 0) is 42.3 Å². The van der Waals surface area contributed by atoms with Gasteiger partial charge in [0.05, 0.1) is 18.5 Å². The van der Waals surface area contributed by atoms with Crippen molar-refractivity contribution in [1.82, 2.24) is 19.9 Å². The fourth-order valence-corrected chi connectivity index (χ4v) is 3.92. The van der Waals surface area contributed by atoms with Crippen molar-refractivity contribution < 1.29 is 19.4 Å². The van der Waals surface area contributed by atoms with E-state index in [9.17, 15) is 14.7 Å². The maximum atomic E-state index is 12.4. The largest absolute Gasteiger partial charge is 0.493 e. The number of carboxylic acid groups (broad SMARTS) is 1. The smallest absolute Gasteiger partial charge is 0.349 e. The molecule has 0 spiro atoms. The number of ether oxygens (including phenoxy) is 2. The lowest BCUT2D eigenvalue weighted by atomic mass is 10.0. The first-order valence-electron chi connectivity index (χ1n) is 11.3. The van der Waals surface area contributed by atoms with Crippen molar-refractivity contribution in [1.29, 1.82) is 0 Å². The van der Waals surface area contributed by atoms with E-state index >= 15 is 0 Å². The molecule has 0 fully saturated rings. The Hall–Kier alpha value is -4.92. The second kappa shape index (κ2) is 9.75. The topological polar surface area (TPSA) is 130 Å². The van der Waals surface area contributed by atoms with Crippen LogP contribution in [-0.4, -0.2) is 37.6 Å². The number of nitrogens with one attached hydrogen (secondary N) is 2. The average Bonchev–Trinajstić information content (AvgIpc) is 3.37. The van der Waals surface area contributed by atoms with Crippen LogP contribution in [-0.2, 0) is 4.79 Å². The van der Waals surface area contributed by atoms with Gasteiger partial charge in [0.15, 0.2) is 11.2 Å². The van der Waals surface area contributed by atoms with Gasteiger partial charge in [0.25, 0.3) is 5.56 Å². The third-order valence-electron chi connectivity index (χ3n) is 5.58. The van der Waals surface area contributed by atoms with Gasteiger partial charge in [-0.2, -0.15) is 0 Å². The van der Waals surface area contributed by atoms with E-state index in [0.717, 1.165) is 11.1 Å². The Balaban J connectivity index is 1.49. The summed E-state index contributed by atoms with van der Waals surface area (Å²) in [6.07, 6.45) is 0.285. The number of aromatic nitrogens is 4. The zero-order valence-electron chi connectivity index (χ0n) is 19.3. The highest BCUT2D eigenvalue weighted by Gasteiger charge is 2.22. The maximum absolute atomic E-state index is 12.4. The average molecular weight is 482 g/mol. The predicted octanol–water partition coefficient (Wildman–Crippen LogP) is 4.58. The van der Waals surface area contributed by atoms with Crippen molar-refractivity contribution in [2.24, 2.45) is 0 Å². The molecule has 1 unspecified atom stereocenters. The highest BCUT2D eigenvalue weighted by molar-refractivity contribution is 5.77. The van der Waals surface area contributed by atoms with Crippen LogP contribution in [0.15, 0.2) is 83.9 Å². The summed E-state index contributed by atoms with van der Waals surface area (Å²) in [6.45, 7) is 2.28. The van der Waals surface area contributed by atoms with Crippen LogP contribution in [0.2, 0.25) is 0 Å². The molecule has 3 aromatic carbocycles. The van der Waals surface area contributed by atoms with E-state index in [1.807, 2.05) is 37.3 Å². The molecule has 0 aliphatic carbocycles. The SMILES string of the molecule is CCOc1cc(-c2cccc(OC(C(=O)O)c3ccccc3)c2)ccc1-c1nc2nc[nH]c2c(=O)[nH]1. The summed E-state index contributed by atoms with van der Waals surface area (Å²) in [5.41, 5.74) is 3.09. The summed E-state index contributed by atoms with van der Waals surface area (Å²) in [4.78, 5) is 38.4. The standard InChI is InChI=1S/C27H22N4O5/c1-2-35-21-14-18(11-12-20(21)24-30-25-22(26(32)31-24)28-15-29-25)17-9-6-10-19(13-17)36-23(27(33)34)16-7-4-3-5-8-16/h3-15,23H,2H2,1H3,(H,33,34)(H2,28,29,30,31,32). The van der Waals surface area contributed by atoms with Crippen LogP contribution in [0.4, 0.5) is 0 Å². The highest BCUT2D eigenvalue weighted by atomic mass is 16.5. The minimum Gasteiger partial charge on any atom is -0.493 e. The molecule has 5 aromatic rings. The summed E-state index contributed by atoms with van der Waals surface area (Å²) in [6, 6.07) is 21.5. The molecule has 0 saturated carbocycles. The Bertz CT molecular complexity index is 1590. The molecule has 0 bridgehead atoms. The van der Waals surface area contributed by atoms with E-state index in [1.165, 1.54) is 6.33 Å². The number of rotatable bonds is 8. The van der Waals surface area contributed by atoms with Gasteiger partial charge in [0.2, 0.25) is 6.10 Å². The second-order valence-corrected chi connectivity index (χ2v) is 7.93. The van der Waals surface area contributed by atoms with Crippen molar-refractivity contribution in [3.63, 3.8) is 0 Å². The molecule has 9 heteroatoms. The van der Waals surface area contributed by atoms with Crippen LogP contribution in [0.5, 0.6) is 11.5 Å². The molecular formula is C27H22N4O5. The third kappa shape index (κ3) is 4.54. The van der Waals surface area contributed by atoms with Gasteiger partial charge in [0.1, 0.15) is 17.3 Å². The number of benzene rings is 3. The number of imidazole rings is 1. The maximum Gasteiger partial charge on any atom is 0.349 e. The molecule has 180 valence electrons. The summed E-state index contributed by atoms with van der Waals surface area (Å²) in [7, 11) is 0. The van der Waals surface area contributed by atoms with Gasteiger partial charge in [0, 0.05) is 5.56 Å². The van der Waals surface area contributed by atoms with E-state index in [-0.39, 0.29) is 5.56 Å². The Labute approximate surface area is 205 Å².